The molecule has 0 aromatic heterocycles. The fraction of sp³-hybridized carbons (Fsp3) is 0.200. The van der Waals surface area contributed by atoms with Gasteiger partial charge in [-0.15, -0.1) is 0 Å². The summed E-state index contributed by atoms with van der Waals surface area (Å²) >= 11 is 4.44. The molecule has 4 N–H and O–H groups in total. The molecule has 112 valence electrons. The van der Waals surface area contributed by atoms with E-state index in [1.54, 1.807) is 24.3 Å². The quantitative estimate of drug-likeness (QED) is 0.540. The van der Waals surface area contributed by atoms with Crippen LogP contribution in [0.5, 0.6) is 17.2 Å². The third-order valence-electron chi connectivity index (χ3n) is 2.85. The summed E-state index contributed by atoms with van der Waals surface area (Å²) in [7, 11) is 0. The van der Waals surface area contributed by atoms with Crippen molar-refractivity contribution in [3.8, 4) is 17.2 Å². The highest BCUT2D eigenvalue weighted by Gasteiger charge is 2.12. The Hall–Kier alpha value is -0.580. The largest absolute Gasteiger partial charge is 0.508 e. The van der Waals surface area contributed by atoms with Crippen LogP contribution in [0.2, 0.25) is 0 Å². The number of ether oxygens (including phenoxy) is 1. The summed E-state index contributed by atoms with van der Waals surface area (Å²) in [6.07, 6.45) is 0.627. The van der Waals surface area contributed by atoms with Gasteiger partial charge in [-0.05, 0) is 93.6 Å². The third kappa shape index (κ3) is 4.70. The van der Waals surface area contributed by atoms with Gasteiger partial charge >= 0.3 is 0 Å². The maximum atomic E-state index is 9.28. The van der Waals surface area contributed by atoms with Crippen molar-refractivity contribution in [3.05, 3.63) is 49.1 Å². The second-order valence-corrected chi connectivity index (χ2v) is 6.96. The number of aliphatic hydroxyl groups is 1. The van der Waals surface area contributed by atoms with E-state index in [-0.39, 0.29) is 18.4 Å². The number of halogens is 2. The molecular weight excluding hydrogens is 496 g/mol. The molecule has 4 nitrogen and oxygen atoms in total. The van der Waals surface area contributed by atoms with Gasteiger partial charge in [0.1, 0.15) is 11.5 Å². The number of phenolic OH excluding ortho intramolecular Hbond substituents is 1. The fourth-order valence-electron chi connectivity index (χ4n) is 1.83. The maximum Gasteiger partial charge on any atom is 0.154 e. The molecule has 0 bridgehead atoms. The molecule has 0 spiro atoms. The summed E-state index contributed by atoms with van der Waals surface area (Å²) in [6, 6.07) is 10.4. The van der Waals surface area contributed by atoms with E-state index >= 15 is 0 Å². The Balaban J connectivity index is 2.22. The van der Waals surface area contributed by atoms with E-state index in [1.165, 1.54) is 0 Å². The number of hydrogen-bond donors (Lipinski definition) is 3. The second-order valence-electron chi connectivity index (χ2n) is 4.63. The summed E-state index contributed by atoms with van der Waals surface area (Å²) in [6.45, 7) is -0.0289. The first kappa shape index (κ1) is 16.8. The molecule has 0 amide bonds. The molecule has 0 heterocycles. The summed E-state index contributed by atoms with van der Waals surface area (Å²) in [5.41, 5.74) is 6.84. The molecule has 0 aliphatic rings. The smallest absolute Gasteiger partial charge is 0.154 e. The van der Waals surface area contributed by atoms with Gasteiger partial charge in [-0.2, -0.15) is 0 Å². The minimum Gasteiger partial charge on any atom is -0.508 e. The van der Waals surface area contributed by atoms with Crippen molar-refractivity contribution in [1.29, 1.82) is 0 Å². The number of rotatable bonds is 5. The highest BCUT2D eigenvalue weighted by Crippen LogP contribution is 2.33. The Kier molecular flexibility index (Phi) is 6.08. The van der Waals surface area contributed by atoms with E-state index in [4.69, 9.17) is 15.6 Å². The Bertz CT molecular complexity index is 594. The summed E-state index contributed by atoms with van der Waals surface area (Å²) in [5.74, 6) is 1.66. The number of aromatic hydroxyl groups is 1. The van der Waals surface area contributed by atoms with Gasteiger partial charge in [-0.1, -0.05) is 0 Å². The van der Waals surface area contributed by atoms with Crippen molar-refractivity contribution in [2.45, 2.75) is 12.5 Å². The predicted octanol–water partition coefficient (Wildman–Crippen LogP) is 3.26. The number of benzene rings is 2. The standard InChI is InChI=1S/C15H15I2NO3/c16-13-6-9(5-10(18)8-19)7-14(17)15(13)21-12-3-1-11(20)2-4-12/h1-4,6-7,10,19-20H,5,8,18H2. The number of aliphatic hydroxyl groups excluding tert-OH is 1. The molecule has 6 heteroatoms. The zero-order chi connectivity index (χ0) is 15.4. The van der Waals surface area contributed by atoms with Gasteiger partial charge < -0.3 is 20.7 Å². The average molecular weight is 511 g/mol. The summed E-state index contributed by atoms with van der Waals surface area (Å²) in [4.78, 5) is 0. The lowest BCUT2D eigenvalue weighted by atomic mass is 10.1. The van der Waals surface area contributed by atoms with Crippen molar-refractivity contribution in [2.24, 2.45) is 5.73 Å². The molecule has 1 atom stereocenters. The van der Waals surface area contributed by atoms with Gasteiger partial charge in [0.25, 0.3) is 0 Å². The number of nitrogens with two attached hydrogens (primary N) is 1. The van der Waals surface area contributed by atoms with E-state index in [9.17, 15) is 5.11 Å². The Morgan fingerprint density at radius 2 is 1.67 bits per heavy atom. The highest BCUT2D eigenvalue weighted by atomic mass is 127. The Morgan fingerprint density at radius 3 is 2.19 bits per heavy atom. The van der Waals surface area contributed by atoms with Crippen LogP contribution in [0.25, 0.3) is 0 Å². The lowest BCUT2D eigenvalue weighted by molar-refractivity contribution is 0.265. The van der Waals surface area contributed by atoms with E-state index in [0.29, 0.717) is 12.2 Å². The molecule has 0 radical (unpaired) electrons. The highest BCUT2D eigenvalue weighted by molar-refractivity contribution is 14.1. The number of hydrogen-bond acceptors (Lipinski definition) is 4. The Labute approximate surface area is 150 Å². The zero-order valence-corrected chi connectivity index (χ0v) is 15.4. The molecule has 21 heavy (non-hydrogen) atoms. The van der Waals surface area contributed by atoms with Gasteiger partial charge in [0.05, 0.1) is 13.7 Å². The van der Waals surface area contributed by atoms with E-state index < -0.39 is 0 Å². The fourth-order valence-corrected chi connectivity index (χ4v) is 3.94. The Morgan fingerprint density at radius 1 is 1.10 bits per heavy atom. The maximum absolute atomic E-state index is 9.28. The summed E-state index contributed by atoms with van der Waals surface area (Å²) in [5, 5.41) is 18.3. The first-order valence-electron chi connectivity index (χ1n) is 6.31. The topological polar surface area (TPSA) is 75.7 Å². The van der Waals surface area contributed by atoms with Gasteiger partial charge in [0.15, 0.2) is 5.75 Å². The van der Waals surface area contributed by atoms with Gasteiger partial charge in [-0.25, -0.2) is 0 Å². The molecule has 1 unspecified atom stereocenters. The lowest BCUT2D eigenvalue weighted by Crippen LogP contribution is -2.26. The minimum atomic E-state index is -0.250. The molecule has 2 aromatic rings. The normalized spacial score (nSPS) is 12.2. The molecule has 0 saturated heterocycles. The predicted molar refractivity (Wildman–Crippen MR) is 98.8 cm³/mol. The van der Waals surface area contributed by atoms with Crippen LogP contribution in [-0.4, -0.2) is 22.9 Å². The van der Waals surface area contributed by atoms with Crippen LogP contribution in [0.1, 0.15) is 5.56 Å². The molecule has 0 fully saturated rings. The van der Waals surface area contributed by atoms with Gasteiger partial charge in [0.2, 0.25) is 0 Å². The van der Waals surface area contributed by atoms with Crippen LogP contribution in [0.3, 0.4) is 0 Å². The molecule has 2 rings (SSSR count). The monoisotopic (exact) mass is 511 g/mol. The first-order chi connectivity index (χ1) is 9.99. The molecule has 2 aromatic carbocycles. The minimum absolute atomic E-state index is 0.0289. The van der Waals surface area contributed by atoms with Crippen LogP contribution in [0.15, 0.2) is 36.4 Å². The first-order valence-corrected chi connectivity index (χ1v) is 8.46. The lowest BCUT2D eigenvalue weighted by Gasteiger charge is -2.14. The summed E-state index contributed by atoms with van der Waals surface area (Å²) < 4.78 is 7.83. The third-order valence-corrected chi connectivity index (χ3v) is 4.45. The van der Waals surface area contributed by atoms with Crippen LogP contribution in [0.4, 0.5) is 0 Å². The van der Waals surface area contributed by atoms with Crippen LogP contribution >= 0.6 is 45.2 Å². The zero-order valence-electron chi connectivity index (χ0n) is 11.1. The molecule has 0 aliphatic carbocycles. The SMILES string of the molecule is NC(CO)Cc1cc(I)c(Oc2ccc(O)cc2)c(I)c1. The van der Waals surface area contributed by atoms with Crippen LogP contribution < -0.4 is 10.5 Å². The van der Waals surface area contributed by atoms with Crippen molar-refractivity contribution in [3.63, 3.8) is 0 Å². The molecular formula is C15H15I2NO3. The van der Waals surface area contributed by atoms with E-state index in [2.05, 4.69) is 45.2 Å². The van der Waals surface area contributed by atoms with Crippen molar-refractivity contribution in [1.82, 2.24) is 0 Å². The van der Waals surface area contributed by atoms with Crippen molar-refractivity contribution in [2.75, 3.05) is 6.61 Å². The van der Waals surface area contributed by atoms with Crippen LogP contribution in [0, 0.1) is 7.14 Å². The second kappa shape index (κ2) is 7.61. The van der Waals surface area contributed by atoms with Gasteiger partial charge in [-0.3, -0.25) is 0 Å². The van der Waals surface area contributed by atoms with Crippen LogP contribution in [-0.2, 0) is 6.42 Å². The van der Waals surface area contributed by atoms with Crippen molar-refractivity contribution < 1.29 is 14.9 Å². The molecule has 0 aliphatic heterocycles. The van der Waals surface area contributed by atoms with Crippen molar-refractivity contribution >= 4 is 45.2 Å². The van der Waals surface area contributed by atoms with E-state index in [1.807, 2.05) is 12.1 Å². The number of phenols is 1. The molecule has 0 saturated carbocycles. The average Bonchev–Trinajstić information content (AvgIpc) is 2.44. The van der Waals surface area contributed by atoms with Gasteiger partial charge in [0, 0.05) is 6.04 Å². The van der Waals surface area contributed by atoms with E-state index in [0.717, 1.165) is 18.5 Å².